The summed E-state index contributed by atoms with van der Waals surface area (Å²) in [5.41, 5.74) is 1.74. The fourth-order valence-electron chi connectivity index (χ4n) is 1.07. The minimum Gasteiger partial charge on any atom is -0.411 e. The lowest BCUT2D eigenvalue weighted by molar-refractivity contribution is 0.214. The molecule has 1 N–H and O–H groups in total. The quantitative estimate of drug-likeness (QED) is 0.522. The normalized spacial score (nSPS) is 12.7. The summed E-state index contributed by atoms with van der Waals surface area (Å²) in [7, 11) is 1.45. The molecule has 0 amide bonds. The number of halogens is 1. The van der Waals surface area contributed by atoms with Crippen molar-refractivity contribution < 1.29 is 10.0 Å². The number of hydrogen-bond donors (Lipinski definition) is 1. The summed E-state index contributed by atoms with van der Waals surface area (Å²) in [5.74, 6) is 0. The van der Waals surface area contributed by atoms with Crippen molar-refractivity contribution in [2.75, 3.05) is 7.11 Å². The zero-order valence-electron chi connectivity index (χ0n) is 8.44. The van der Waals surface area contributed by atoms with Crippen LogP contribution in [0.1, 0.15) is 12.5 Å². The monoisotopic (exact) mass is 270 g/mol. The fraction of sp³-hybridized carbons (Fsp3) is 0.200. The van der Waals surface area contributed by atoms with Crippen LogP contribution in [-0.2, 0) is 4.84 Å². The summed E-state index contributed by atoms with van der Waals surface area (Å²) in [5, 5.41) is 15.6. The Morgan fingerprint density at radius 1 is 1.33 bits per heavy atom. The van der Waals surface area contributed by atoms with Crippen LogP contribution < -0.4 is 0 Å². The Morgan fingerprint density at radius 2 is 1.93 bits per heavy atom. The van der Waals surface area contributed by atoms with Gasteiger partial charge in [0.2, 0.25) is 0 Å². The number of oxime groups is 2. The molecule has 80 valence electrons. The molecule has 1 aromatic carbocycles. The van der Waals surface area contributed by atoms with Gasteiger partial charge in [0.25, 0.3) is 0 Å². The van der Waals surface area contributed by atoms with E-state index in [1.165, 1.54) is 7.11 Å². The summed E-state index contributed by atoms with van der Waals surface area (Å²) < 4.78 is 0.974. The summed E-state index contributed by atoms with van der Waals surface area (Å²) in [6.07, 6.45) is 0. The molecule has 4 nitrogen and oxygen atoms in total. The van der Waals surface area contributed by atoms with Crippen LogP contribution in [0.25, 0.3) is 0 Å². The topological polar surface area (TPSA) is 54.2 Å². The van der Waals surface area contributed by atoms with Crippen molar-refractivity contribution in [3.05, 3.63) is 34.3 Å². The van der Waals surface area contributed by atoms with E-state index < -0.39 is 0 Å². The van der Waals surface area contributed by atoms with E-state index in [1.54, 1.807) is 6.92 Å². The van der Waals surface area contributed by atoms with Crippen molar-refractivity contribution in [3.63, 3.8) is 0 Å². The van der Waals surface area contributed by atoms with E-state index in [-0.39, 0.29) is 0 Å². The van der Waals surface area contributed by atoms with Crippen molar-refractivity contribution in [1.82, 2.24) is 0 Å². The van der Waals surface area contributed by atoms with E-state index in [9.17, 15) is 0 Å². The van der Waals surface area contributed by atoms with Crippen LogP contribution in [0.2, 0.25) is 0 Å². The predicted molar refractivity (Wildman–Crippen MR) is 62.6 cm³/mol. The average molecular weight is 271 g/mol. The molecule has 0 aliphatic rings. The standard InChI is InChI=1S/C10H11BrN2O2/c1-7(12-14)10(13-15-2)8-3-5-9(11)6-4-8/h3-6,14H,1-2H3/b12-7+,13-10+. The Hall–Kier alpha value is -1.36. The van der Waals surface area contributed by atoms with Crippen LogP contribution in [0.15, 0.2) is 39.0 Å². The van der Waals surface area contributed by atoms with Crippen molar-refractivity contribution in [2.45, 2.75) is 6.92 Å². The van der Waals surface area contributed by atoms with Crippen molar-refractivity contribution >= 4 is 27.4 Å². The maximum absolute atomic E-state index is 8.69. The van der Waals surface area contributed by atoms with E-state index in [0.717, 1.165) is 10.0 Å². The van der Waals surface area contributed by atoms with Gasteiger partial charge in [-0.2, -0.15) is 0 Å². The van der Waals surface area contributed by atoms with Crippen LogP contribution in [-0.4, -0.2) is 23.7 Å². The Bertz CT molecular complexity index is 385. The highest BCUT2D eigenvalue weighted by atomic mass is 79.9. The second-order valence-corrected chi connectivity index (χ2v) is 3.73. The first-order valence-corrected chi connectivity index (χ1v) is 5.04. The highest BCUT2D eigenvalue weighted by molar-refractivity contribution is 9.10. The van der Waals surface area contributed by atoms with E-state index in [2.05, 4.69) is 26.2 Å². The van der Waals surface area contributed by atoms with Crippen LogP contribution in [0.5, 0.6) is 0 Å². The molecule has 0 bridgehead atoms. The lowest BCUT2D eigenvalue weighted by atomic mass is 10.1. The smallest absolute Gasteiger partial charge is 0.134 e. The first-order valence-electron chi connectivity index (χ1n) is 4.25. The number of benzene rings is 1. The predicted octanol–water partition coefficient (Wildman–Crippen LogP) is 2.65. The molecule has 1 rings (SSSR count). The van der Waals surface area contributed by atoms with E-state index in [1.807, 2.05) is 24.3 Å². The molecule has 0 unspecified atom stereocenters. The van der Waals surface area contributed by atoms with Gasteiger partial charge in [0, 0.05) is 10.0 Å². The highest BCUT2D eigenvalue weighted by Gasteiger charge is 2.08. The van der Waals surface area contributed by atoms with Crippen LogP contribution >= 0.6 is 15.9 Å². The molecule has 0 atom stereocenters. The first-order chi connectivity index (χ1) is 7.19. The van der Waals surface area contributed by atoms with Crippen LogP contribution in [0, 0.1) is 0 Å². The molecule has 0 aliphatic carbocycles. The highest BCUT2D eigenvalue weighted by Crippen LogP contribution is 2.12. The van der Waals surface area contributed by atoms with Crippen LogP contribution in [0.4, 0.5) is 0 Å². The largest absolute Gasteiger partial charge is 0.411 e. The minimum absolute atomic E-state index is 0.402. The van der Waals surface area contributed by atoms with Gasteiger partial charge in [-0.25, -0.2) is 0 Å². The molecule has 15 heavy (non-hydrogen) atoms. The van der Waals surface area contributed by atoms with E-state index in [0.29, 0.717) is 11.4 Å². The molecule has 0 heterocycles. The molecule has 0 fully saturated rings. The molecule has 0 saturated heterocycles. The Balaban J connectivity index is 3.11. The van der Waals surface area contributed by atoms with E-state index in [4.69, 9.17) is 10.0 Å². The third kappa shape index (κ3) is 3.06. The van der Waals surface area contributed by atoms with Gasteiger partial charge in [-0.3, -0.25) is 0 Å². The first kappa shape index (κ1) is 11.7. The van der Waals surface area contributed by atoms with Gasteiger partial charge >= 0.3 is 0 Å². The molecule has 0 saturated carbocycles. The summed E-state index contributed by atoms with van der Waals surface area (Å²) in [6.45, 7) is 1.65. The maximum atomic E-state index is 8.69. The second-order valence-electron chi connectivity index (χ2n) is 2.81. The van der Waals surface area contributed by atoms with Crippen molar-refractivity contribution in [1.29, 1.82) is 0 Å². The summed E-state index contributed by atoms with van der Waals surface area (Å²) >= 11 is 3.34. The number of hydrogen-bond acceptors (Lipinski definition) is 4. The molecule has 1 aromatic rings. The molecule has 0 radical (unpaired) electrons. The Labute approximate surface area is 96.4 Å². The lowest BCUT2D eigenvalue weighted by Gasteiger charge is -2.03. The molecular formula is C10H11BrN2O2. The summed E-state index contributed by atoms with van der Waals surface area (Å²) in [4.78, 5) is 4.70. The lowest BCUT2D eigenvalue weighted by Crippen LogP contribution is -2.12. The van der Waals surface area contributed by atoms with Gasteiger partial charge in [0.05, 0.1) is 0 Å². The Kier molecular flexibility index (Phi) is 4.30. The number of rotatable bonds is 3. The molecule has 0 aliphatic heterocycles. The van der Waals surface area contributed by atoms with E-state index >= 15 is 0 Å². The zero-order chi connectivity index (χ0) is 11.3. The molecule has 0 aromatic heterocycles. The zero-order valence-corrected chi connectivity index (χ0v) is 10.0. The molecular weight excluding hydrogens is 260 g/mol. The second kappa shape index (κ2) is 5.50. The van der Waals surface area contributed by atoms with Gasteiger partial charge < -0.3 is 10.0 Å². The third-order valence-electron chi connectivity index (χ3n) is 1.79. The molecule has 5 heteroatoms. The van der Waals surface area contributed by atoms with Crippen molar-refractivity contribution in [2.24, 2.45) is 10.3 Å². The fourth-order valence-corrected chi connectivity index (χ4v) is 1.34. The average Bonchev–Trinajstić information content (AvgIpc) is 2.26. The van der Waals surface area contributed by atoms with Gasteiger partial charge in [-0.1, -0.05) is 38.4 Å². The SMILES string of the molecule is CO/N=C(\C(C)=N\O)c1ccc(Br)cc1. The Morgan fingerprint density at radius 3 is 2.40 bits per heavy atom. The van der Waals surface area contributed by atoms with Gasteiger partial charge in [0.1, 0.15) is 18.5 Å². The summed E-state index contributed by atoms with van der Waals surface area (Å²) in [6, 6.07) is 7.48. The van der Waals surface area contributed by atoms with Crippen molar-refractivity contribution in [3.8, 4) is 0 Å². The minimum atomic E-state index is 0.402. The third-order valence-corrected chi connectivity index (χ3v) is 2.32. The maximum Gasteiger partial charge on any atom is 0.134 e. The molecule has 0 spiro atoms. The van der Waals surface area contributed by atoms with Gasteiger partial charge in [-0.15, -0.1) is 0 Å². The number of nitrogens with zero attached hydrogens (tertiary/aromatic N) is 2. The van der Waals surface area contributed by atoms with Gasteiger partial charge in [-0.05, 0) is 19.1 Å². The van der Waals surface area contributed by atoms with Crippen LogP contribution in [0.3, 0.4) is 0 Å². The van der Waals surface area contributed by atoms with Gasteiger partial charge in [0.15, 0.2) is 0 Å².